The van der Waals surface area contributed by atoms with E-state index in [1.54, 1.807) is 25.3 Å². The molecule has 0 saturated heterocycles. The van der Waals surface area contributed by atoms with Crippen LogP contribution in [0.25, 0.3) is 0 Å². The highest BCUT2D eigenvalue weighted by Crippen LogP contribution is 2.26. The normalized spacial score (nSPS) is 11.5. The van der Waals surface area contributed by atoms with Crippen molar-refractivity contribution >= 4 is 23.3 Å². The molecule has 0 heterocycles. The Bertz CT molecular complexity index is 663. The summed E-state index contributed by atoms with van der Waals surface area (Å²) in [5.41, 5.74) is 0.702. The molecule has 0 aromatic heterocycles. The summed E-state index contributed by atoms with van der Waals surface area (Å²) in [6.45, 7) is 1.96. The lowest BCUT2D eigenvalue weighted by atomic mass is 10.2. The van der Waals surface area contributed by atoms with Crippen LogP contribution in [0.15, 0.2) is 48.5 Å². The van der Waals surface area contributed by atoms with E-state index in [0.717, 1.165) is 0 Å². The Morgan fingerprint density at radius 3 is 2.58 bits per heavy atom. The summed E-state index contributed by atoms with van der Waals surface area (Å²) in [7, 11) is 1.59. The van der Waals surface area contributed by atoms with Gasteiger partial charge in [0.05, 0.1) is 24.4 Å². The average molecular weight is 350 g/mol. The summed E-state index contributed by atoms with van der Waals surface area (Å²) in [5, 5.41) is 3.72. The maximum atomic E-state index is 11.3. The number of carbonyl (C=O) groups is 1. The zero-order valence-corrected chi connectivity index (χ0v) is 14.4. The predicted octanol–water partition coefficient (Wildman–Crippen LogP) is 3.77. The molecule has 0 spiro atoms. The molecule has 0 aliphatic carbocycles. The van der Waals surface area contributed by atoms with Crippen molar-refractivity contribution in [2.45, 2.75) is 13.0 Å². The van der Waals surface area contributed by atoms with E-state index >= 15 is 0 Å². The Morgan fingerprint density at radius 2 is 1.92 bits per heavy atom. The lowest BCUT2D eigenvalue weighted by Crippen LogP contribution is -2.31. The van der Waals surface area contributed by atoms with Crippen LogP contribution in [-0.4, -0.2) is 32.3 Å². The average Bonchev–Trinajstić information content (AvgIpc) is 2.59. The fourth-order valence-electron chi connectivity index (χ4n) is 2.07. The summed E-state index contributed by atoms with van der Waals surface area (Å²) in [4.78, 5) is 11.3. The third kappa shape index (κ3) is 5.66. The van der Waals surface area contributed by atoms with Crippen LogP contribution < -0.4 is 14.8 Å². The van der Waals surface area contributed by atoms with E-state index in [9.17, 15) is 4.79 Å². The van der Waals surface area contributed by atoms with Gasteiger partial charge in [-0.15, -0.1) is 0 Å². The van der Waals surface area contributed by atoms with Gasteiger partial charge < -0.3 is 19.5 Å². The second-order valence-corrected chi connectivity index (χ2v) is 5.49. The van der Waals surface area contributed by atoms with Crippen molar-refractivity contribution in [1.29, 1.82) is 0 Å². The van der Waals surface area contributed by atoms with Gasteiger partial charge in [-0.1, -0.05) is 29.8 Å². The summed E-state index contributed by atoms with van der Waals surface area (Å²) in [6, 6.07) is 14.6. The number of hydrogen-bond acceptors (Lipinski definition) is 5. The largest absolute Gasteiger partial charge is 0.497 e. The van der Waals surface area contributed by atoms with E-state index in [1.165, 1.54) is 6.92 Å². The number of anilines is 1. The van der Waals surface area contributed by atoms with Gasteiger partial charge in [0.2, 0.25) is 0 Å². The van der Waals surface area contributed by atoms with E-state index in [-0.39, 0.29) is 12.6 Å². The van der Waals surface area contributed by atoms with Gasteiger partial charge in [-0.2, -0.15) is 0 Å². The van der Waals surface area contributed by atoms with E-state index in [1.807, 2.05) is 30.3 Å². The van der Waals surface area contributed by atoms with Crippen molar-refractivity contribution in [2.24, 2.45) is 0 Å². The third-order valence-corrected chi connectivity index (χ3v) is 3.54. The molecular weight excluding hydrogens is 330 g/mol. The van der Waals surface area contributed by atoms with Crippen LogP contribution in [0.3, 0.4) is 0 Å². The van der Waals surface area contributed by atoms with Crippen LogP contribution in [-0.2, 0) is 9.53 Å². The second-order valence-electron chi connectivity index (χ2n) is 5.08. The zero-order chi connectivity index (χ0) is 17.4. The minimum Gasteiger partial charge on any atom is -0.497 e. The number of halogens is 1. The maximum Gasteiger partial charge on any atom is 0.303 e. The molecule has 2 aromatic carbocycles. The van der Waals surface area contributed by atoms with Crippen molar-refractivity contribution in [3.8, 4) is 11.5 Å². The van der Waals surface area contributed by atoms with E-state index < -0.39 is 6.10 Å². The van der Waals surface area contributed by atoms with Crippen LogP contribution in [0.5, 0.6) is 11.5 Å². The standard InChI is InChI=1S/C18H20ClNO4/c1-13(21)24-16(12-23-14-6-4-3-5-7-14)11-20-18-10-15(22-2)8-9-17(18)19/h3-10,16,20H,11-12H2,1-2H3. The summed E-state index contributed by atoms with van der Waals surface area (Å²) in [6.07, 6.45) is -0.454. The Balaban J connectivity index is 1.97. The van der Waals surface area contributed by atoms with Crippen LogP contribution in [0, 0.1) is 0 Å². The molecule has 24 heavy (non-hydrogen) atoms. The third-order valence-electron chi connectivity index (χ3n) is 3.21. The fourth-order valence-corrected chi connectivity index (χ4v) is 2.25. The highest BCUT2D eigenvalue weighted by molar-refractivity contribution is 6.33. The number of hydrogen-bond donors (Lipinski definition) is 1. The van der Waals surface area contributed by atoms with Gasteiger partial charge in [0, 0.05) is 13.0 Å². The molecule has 0 amide bonds. The van der Waals surface area contributed by atoms with Crippen molar-refractivity contribution in [2.75, 3.05) is 25.6 Å². The highest BCUT2D eigenvalue weighted by Gasteiger charge is 2.14. The van der Waals surface area contributed by atoms with E-state index in [2.05, 4.69) is 5.32 Å². The molecule has 6 heteroatoms. The van der Waals surface area contributed by atoms with Crippen LogP contribution in [0.4, 0.5) is 5.69 Å². The number of para-hydroxylation sites is 1. The van der Waals surface area contributed by atoms with Crippen LogP contribution in [0.1, 0.15) is 6.92 Å². The molecule has 1 unspecified atom stereocenters. The smallest absolute Gasteiger partial charge is 0.303 e. The first kappa shape index (κ1) is 17.9. The summed E-state index contributed by atoms with van der Waals surface area (Å²) >= 11 is 6.16. The molecular formula is C18H20ClNO4. The topological polar surface area (TPSA) is 56.8 Å². The number of rotatable bonds is 8. The zero-order valence-electron chi connectivity index (χ0n) is 13.6. The van der Waals surface area contributed by atoms with Gasteiger partial charge >= 0.3 is 5.97 Å². The Hall–Kier alpha value is -2.40. The minimum absolute atomic E-state index is 0.234. The number of methoxy groups -OCH3 is 1. The molecule has 2 aromatic rings. The Labute approximate surface area is 146 Å². The molecule has 0 bridgehead atoms. The Morgan fingerprint density at radius 1 is 1.17 bits per heavy atom. The number of carbonyl (C=O) groups excluding carboxylic acids is 1. The molecule has 0 saturated carbocycles. The number of ether oxygens (including phenoxy) is 3. The SMILES string of the molecule is COc1ccc(Cl)c(NCC(COc2ccccc2)OC(C)=O)c1. The molecule has 0 radical (unpaired) electrons. The Kier molecular flexibility index (Phi) is 6.75. The minimum atomic E-state index is -0.454. The van der Waals surface area contributed by atoms with Crippen molar-refractivity contribution in [3.05, 3.63) is 53.6 Å². The second kappa shape index (κ2) is 9.03. The molecule has 1 atom stereocenters. The molecule has 5 nitrogen and oxygen atoms in total. The van der Waals surface area contributed by atoms with E-state index in [0.29, 0.717) is 28.8 Å². The maximum absolute atomic E-state index is 11.3. The monoisotopic (exact) mass is 349 g/mol. The fraction of sp³-hybridized carbons (Fsp3) is 0.278. The molecule has 0 aliphatic heterocycles. The number of benzene rings is 2. The predicted molar refractivity (Wildman–Crippen MR) is 94.0 cm³/mol. The van der Waals surface area contributed by atoms with Crippen molar-refractivity contribution in [1.82, 2.24) is 0 Å². The van der Waals surface area contributed by atoms with E-state index in [4.69, 9.17) is 25.8 Å². The van der Waals surface area contributed by atoms with Gasteiger partial charge in [0.15, 0.2) is 6.10 Å². The quantitative estimate of drug-likeness (QED) is 0.735. The molecule has 128 valence electrons. The van der Waals surface area contributed by atoms with Gasteiger partial charge in [-0.05, 0) is 24.3 Å². The van der Waals surface area contributed by atoms with Gasteiger partial charge in [-0.25, -0.2) is 0 Å². The first-order chi connectivity index (χ1) is 11.6. The lowest BCUT2D eigenvalue weighted by Gasteiger charge is -2.19. The van der Waals surface area contributed by atoms with Crippen molar-refractivity contribution in [3.63, 3.8) is 0 Å². The van der Waals surface area contributed by atoms with Crippen LogP contribution >= 0.6 is 11.6 Å². The summed E-state index contributed by atoms with van der Waals surface area (Å²) in [5.74, 6) is 1.04. The number of nitrogens with one attached hydrogen (secondary N) is 1. The highest BCUT2D eigenvalue weighted by atomic mass is 35.5. The van der Waals surface area contributed by atoms with Gasteiger partial charge in [-0.3, -0.25) is 4.79 Å². The van der Waals surface area contributed by atoms with Crippen molar-refractivity contribution < 1.29 is 19.0 Å². The molecule has 2 rings (SSSR count). The summed E-state index contributed by atoms with van der Waals surface area (Å²) < 4.78 is 16.1. The first-order valence-corrected chi connectivity index (χ1v) is 7.88. The van der Waals surface area contributed by atoms with Gasteiger partial charge in [0.25, 0.3) is 0 Å². The first-order valence-electron chi connectivity index (χ1n) is 7.51. The van der Waals surface area contributed by atoms with Gasteiger partial charge in [0.1, 0.15) is 18.1 Å². The molecule has 1 N–H and O–H groups in total. The number of esters is 1. The lowest BCUT2D eigenvalue weighted by molar-refractivity contribution is -0.147. The molecule has 0 fully saturated rings. The van der Waals surface area contributed by atoms with Crippen LogP contribution in [0.2, 0.25) is 5.02 Å². The molecule has 0 aliphatic rings.